The minimum atomic E-state index is 0.715. The lowest BCUT2D eigenvalue weighted by atomic mass is 9.97. The Hall–Kier alpha value is -0.855. The monoisotopic (exact) mass is 92.1 g/mol. The first-order valence-electron chi connectivity index (χ1n) is 2.18. The van der Waals surface area contributed by atoms with Crippen molar-refractivity contribution in [1.82, 2.24) is 0 Å². The summed E-state index contributed by atoms with van der Waals surface area (Å²) in [5, 5.41) is 7.38. The summed E-state index contributed by atoms with van der Waals surface area (Å²) in [5.41, 5.74) is 0. The fourth-order valence-corrected chi connectivity index (χ4v) is 0.369. The molecule has 7 heavy (non-hydrogen) atoms. The van der Waals surface area contributed by atoms with Crippen LogP contribution in [-0.4, -0.2) is 7.41 Å². The van der Waals surface area contributed by atoms with E-state index in [4.69, 9.17) is 0 Å². The average Bonchev–Trinajstić information content (AvgIpc) is 1.90. The third-order valence-electron chi connectivity index (χ3n) is 0.669. The first-order chi connectivity index (χ1) is 3.50. The van der Waals surface area contributed by atoms with E-state index in [2.05, 4.69) is 10.1 Å². The van der Waals surface area contributed by atoms with Crippen molar-refractivity contribution in [3.05, 3.63) is 24.3 Å². The van der Waals surface area contributed by atoms with Gasteiger partial charge in [0.25, 0.3) is 0 Å². The van der Waals surface area contributed by atoms with Gasteiger partial charge in [-0.15, -0.1) is 0 Å². The van der Waals surface area contributed by atoms with E-state index in [0.717, 1.165) is 0 Å². The number of rotatable bonds is 0. The SMILES string of the molecule is B1C=CC=CN=N1. The second kappa shape index (κ2) is 2.34. The molecule has 34 valence electrons. The number of nitrogens with zero attached hydrogens (tertiary/aromatic N) is 2. The smallest absolute Gasteiger partial charge is 0.253 e. The number of hydrogen-bond acceptors (Lipinski definition) is 2. The van der Waals surface area contributed by atoms with Crippen molar-refractivity contribution in [2.24, 2.45) is 10.1 Å². The van der Waals surface area contributed by atoms with Crippen molar-refractivity contribution in [3.63, 3.8) is 0 Å². The Morgan fingerprint density at radius 1 is 1.29 bits per heavy atom. The first kappa shape index (κ1) is 4.31. The standard InChI is InChI=1S/C4H5BN2/c1-2-4-6-7-5-3-1/h1-5H. The molecule has 0 bridgehead atoms. The van der Waals surface area contributed by atoms with E-state index in [-0.39, 0.29) is 0 Å². The zero-order valence-electron chi connectivity index (χ0n) is 3.91. The molecule has 0 radical (unpaired) electrons. The predicted molar refractivity (Wildman–Crippen MR) is 30.3 cm³/mol. The molecule has 1 heterocycles. The summed E-state index contributed by atoms with van der Waals surface area (Å²) in [6.07, 6.45) is 5.46. The maximum absolute atomic E-state index is 3.72. The minimum Gasteiger partial charge on any atom is -0.253 e. The normalized spacial score (nSPS) is 16.0. The van der Waals surface area contributed by atoms with Crippen LogP contribution in [0.1, 0.15) is 0 Å². The molecule has 0 amide bonds. The lowest BCUT2D eigenvalue weighted by molar-refractivity contribution is 1.32. The van der Waals surface area contributed by atoms with Crippen LogP contribution in [0.2, 0.25) is 0 Å². The van der Waals surface area contributed by atoms with Gasteiger partial charge in [0.05, 0.1) is 0 Å². The van der Waals surface area contributed by atoms with Crippen molar-refractivity contribution >= 4 is 7.41 Å². The number of hydrogen-bond donors (Lipinski definition) is 0. The Bertz CT molecular complexity index is 112. The van der Waals surface area contributed by atoms with Gasteiger partial charge in [-0.3, -0.25) is 5.03 Å². The summed E-state index contributed by atoms with van der Waals surface area (Å²) in [6, 6.07) is 0. The van der Waals surface area contributed by atoms with Gasteiger partial charge in [-0.2, -0.15) is 5.11 Å². The molecule has 0 unspecified atom stereocenters. The van der Waals surface area contributed by atoms with E-state index < -0.39 is 0 Å². The van der Waals surface area contributed by atoms with Crippen LogP contribution in [0.5, 0.6) is 0 Å². The molecule has 0 aromatic rings. The highest BCUT2D eigenvalue weighted by Gasteiger charge is 1.76. The van der Waals surface area contributed by atoms with Crippen molar-refractivity contribution in [1.29, 1.82) is 0 Å². The van der Waals surface area contributed by atoms with Crippen LogP contribution < -0.4 is 0 Å². The molecule has 0 atom stereocenters. The zero-order valence-corrected chi connectivity index (χ0v) is 3.91. The Balaban J connectivity index is 2.60. The fraction of sp³-hybridized carbons (Fsp3) is 0. The Labute approximate surface area is 42.9 Å². The van der Waals surface area contributed by atoms with E-state index in [0.29, 0.717) is 7.41 Å². The second-order valence-corrected chi connectivity index (χ2v) is 1.21. The van der Waals surface area contributed by atoms with Gasteiger partial charge < -0.3 is 0 Å². The van der Waals surface area contributed by atoms with Crippen molar-refractivity contribution in [2.75, 3.05) is 0 Å². The van der Waals surface area contributed by atoms with E-state index in [1.54, 1.807) is 6.20 Å². The average molecular weight is 91.9 g/mol. The maximum atomic E-state index is 3.72. The third-order valence-corrected chi connectivity index (χ3v) is 0.669. The van der Waals surface area contributed by atoms with Gasteiger partial charge in [0.2, 0.25) is 0 Å². The van der Waals surface area contributed by atoms with E-state index in [9.17, 15) is 0 Å². The highest BCUT2D eigenvalue weighted by atomic mass is 15.0. The maximum Gasteiger partial charge on any atom is 0.316 e. The van der Waals surface area contributed by atoms with E-state index in [1.165, 1.54) is 0 Å². The molecule has 0 N–H and O–H groups in total. The van der Waals surface area contributed by atoms with Crippen LogP contribution >= 0.6 is 0 Å². The molecule has 0 aromatic heterocycles. The Morgan fingerprint density at radius 3 is 3.29 bits per heavy atom. The quantitative estimate of drug-likeness (QED) is 0.395. The highest BCUT2D eigenvalue weighted by molar-refractivity contribution is 6.39. The fourth-order valence-electron chi connectivity index (χ4n) is 0.369. The van der Waals surface area contributed by atoms with Crippen LogP contribution in [0, 0.1) is 0 Å². The van der Waals surface area contributed by atoms with Gasteiger partial charge in [-0.05, 0) is 6.08 Å². The molecule has 0 spiro atoms. The Kier molecular flexibility index (Phi) is 1.44. The molecular formula is C4H5BN2. The zero-order chi connectivity index (χ0) is 4.95. The van der Waals surface area contributed by atoms with Crippen molar-refractivity contribution < 1.29 is 0 Å². The molecule has 1 aliphatic rings. The van der Waals surface area contributed by atoms with Crippen LogP contribution in [-0.2, 0) is 0 Å². The first-order valence-corrected chi connectivity index (χ1v) is 2.18. The third kappa shape index (κ3) is 1.35. The molecule has 0 saturated carbocycles. The van der Waals surface area contributed by atoms with Crippen LogP contribution in [0.15, 0.2) is 34.5 Å². The molecule has 1 aliphatic heterocycles. The summed E-state index contributed by atoms with van der Waals surface area (Å²) >= 11 is 0. The number of allylic oxidation sites excluding steroid dienone is 2. The molecule has 3 heteroatoms. The van der Waals surface area contributed by atoms with Crippen LogP contribution in [0.4, 0.5) is 0 Å². The molecule has 2 nitrogen and oxygen atoms in total. The molecular weight excluding hydrogens is 86.9 g/mol. The van der Waals surface area contributed by atoms with Crippen molar-refractivity contribution in [3.8, 4) is 0 Å². The molecule has 0 aromatic carbocycles. The Morgan fingerprint density at radius 2 is 2.29 bits per heavy atom. The van der Waals surface area contributed by atoms with Gasteiger partial charge in [0, 0.05) is 6.20 Å². The lowest BCUT2D eigenvalue weighted by Crippen LogP contribution is -1.69. The van der Waals surface area contributed by atoms with E-state index >= 15 is 0 Å². The molecule has 0 aliphatic carbocycles. The van der Waals surface area contributed by atoms with Gasteiger partial charge in [0.1, 0.15) is 0 Å². The molecule has 0 saturated heterocycles. The lowest BCUT2D eigenvalue weighted by Gasteiger charge is -1.66. The van der Waals surface area contributed by atoms with Gasteiger partial charge in [-0.1, -0.05) is 12.1 Å². The van der Waals surface area contributed by atoms with Gasteiger partial charge in [-0.25, -0.2) is 0 Å². The largest absolute Gasteiger partial charge is 0.316 e. The molecule has 0 fully saturated rings. The summed E-state index contributed by atoms with van der Waals surface area (Å²) in [7, 11) is 0.715. The summed E-state index contributed by atoms with van der Waals surface area (Å²) in [4.78, 5) is 0. The molecule has 1 rings (SSSR count). The second-order valence-electron chi connectivity index (χ2n) is 1.21. The van der Waals surface area contributed by atoms with Gasteiger partial charge >= 0.3 is 7.41 Å². The van der Waals surface area contributed by atoms with Crippen molar-refractivity contribution in [2.45, 2.75) is 0 Å². The minimum absolute atomic E-state index is 0.715. The van der Waals surface area contributed by atoms with E-state index in [1.807, 2.05) is 18.1 Å². The van der Waals surface area contributed by atoms with Crippen LogP contribution in [0.3, 0.4) is 0 Å². The highest BCUT2D eigenvalue weighted by Crippen LogP contribution is 1.84. The summed E-state index contributed by atoms with van der Waals surface area (Å²) in [5.74, 6) is 1.95. The van der Waals surface area contributed by atoms with Gasteiger partial charge in [0.15, 0.2) is 0 Å². The summed E-state index contributed by atoms with van der Waals surface area (Å²) in [6.45, 7) is 0. The predicted octanol–water partition coefficient (Wildman–Crippen LogP) is 0.831. The topological polar surface area (TPSA) is 24.7 Å². The van der Waals surface area contributed by atoms with Crippen LogP contribution in [0.25, 0.3) is 0 Å². The summed E-state index contributed by atoms with van der Waals surface area (Å²) < 4.78 is 0.